The van der Waals surface area contributed by atoms with Gasteiger partial charge >= 0.3 is 6.09 Å². The number of likely N-dealkylation sites (tertiary alicyclic amines) is 1. The van der Waals surface area contributed by atoms with Crippen molar-refractivity contribution in [2.75, 3.05) is 26.3 Å². The number of alkyl carbamates (subject to hydrolysis) is 1. The first-order valence-electron chi connectivity index (χ1n) is 8.60. The molecule has 1 fully saturated rings. The second kappa shape index (κ2) is 10.2. The molecule has 0 radical (unpaired) electrons. The zero-order valence-electron chi connectivity index (χ0n) is 14.8. The quantitative estimate of drug-likeness (QED) is 0.687. The Morgan fingerprint density at radius 1 is 1.11 bits per heavy atom. The number of carbonyl (C=O) groups excluding carboxylic acids is 4. The van der Waals surface area contributed by atoms with Gasteiger partial charge in [-0.05, 0) is 18.4 Å². The summed E-state index contributed by atoms with van der Waals surface area (Å²) in [6, 6.07) is 8.36. The monoisotopic (exact) mass is 379 g/mol. The predicted molar refractivity (Wildman–Crippen MR) is 93.4 cm³/mol. The molecule has 9 heteroatoms. The van der Waals surface area contributed by atoms with Crippen molar-refractivity contribution < 1.29 is 28.3 Å². The topological polar surface area (TPSA) is 105 Å². The van der Waals surface area contributed by atoms with Gasteiger partial charge in [-0.3, -0.25) is 14.4 Å². The zero-order chi connectivity index (χ0) is 19.6. The van der Waals surface area contributed by atoms with Crippen LogP contribution < -0.4 is 10.6 Å². The number of Topliss-reactive ketones (excluding diaryl/α,β-unsaturated/α-hetero) is 1. The average molecular weight is 379 g/mol. The van der Waals surface area contributed by atoms with E-state index >= 15 is 0 Å². The van der Waals surface area contributed by atoms with Crippen molar-refractivity contribution in [1.82, 2.24) is 15.5 Å². The number of benzene rings is 1. The van der Waals surface area contributed by atoms with Gasteiger partial charge in [0.05, 0.1) is 6.54 Å². The van der Waals surface area contributed by atoms with Crippen molar-refractivity contribution in [2.24, 2.45) is 0 Å². The minimum Gasteiger partial charge on any atom is -0.445 e. The molecule has 1 aliphatic rings. The molecular formula is C18H22FN3O5. The van der Waals surface area contributed by atoms with Crippen LogP contribution in [-0.4, -0.2) is 60.9 Å². The van der Waals surface area contributed by atoms with E-state index in [1.807, 2.05) is 18.2 Å². The Morgan fingerprint density at radius 3 is 2.56 bits per heavy atom. The molecule has 1 heterocycles. The van der Waals surface area contributed by atoms with Crippen LogP contribution in [0.25, 0.3) is 0 Å². The van der Waals surface area contributed by atoms with Crippen LogP contribution in [0.5, 0.6) is 0 Å². The van der Waals surface area contributed by atoms with Gasteiger partial charge in [0.1, 0.15) is 25.9 Å². The predicted octanol–water partition coefficient (Wildman–Crippen LogP) is 0.559. The van der Waals surface area contributed by atoms with Gasteiger partial charge < -0.3 is 20.3 Å². The van der Waals surface area contributed by atoms with Crippen LogP contribution in [0.15, 0.2) is 30.3 Å². The number of nitrogens with one attached hydrogen (secondary N) is 2. The molecule has 2 N–H and O–H groups in total. The first kappa shape index (κ1) is 20.3. The van der Waals surface area contributed by atoms with Crippen LogP contribution in [0.4, 0.5) is 9.18 Å². The number of ketones is 1. The van der Waals surface area contributed by atoms with Crippen LogP contribution in [-0.2, 0) is 25.7 Å². The number of hydrogen-bond donors (Lipinski definition) is 2. The van der Waals surface area contributed by atoms with Gasteiger partial charge in [0.25, 0.3) is 0 Å². The molecule has 1 aromatic carbocycles. The first-order valence-corrected chi connectivity index (χ1v) is 8.60. The molecule has 3 amide bonds. The molecule has 0 aliphatic carbocycles. The van der Waals surface area contributed by atoms with E-state index in [9.17, 15) is 23.6 Å². The Morgan fingerprint density at radius 2 is 1.85 bits per heavy atom. The van der Waals surface area contributed by atoms with E-state index in [0.717, 1.165) is 5.56 Å². The minimum atomic E-state index is -1.15. The lowest BCUT2D eigenvalue weighted by molar-refractivity contribution is -0.138. The molecule has 2 rings (SSSR count). The van der Waals surface area contributed by atoms with Crippen molar-refractivity contribution in [2.45, 2.75) is 25.5 Å². The normalized spacial score (nSPS) is 15.9. The van der Waals surface area contributed by atoms with Gasteiger partial charge in [0.15, 0.2) is 5.78 Å². The number of nitrogens with zero attached hydrogens (tertiary/aromatic N) is 1. The number of hydrogen-bond acceptors (Lipinski definition) is 5. The summed E-state index contributed by atoms with van der Waals surface area (Å²) < 4.78 is 17.2. The third kappa shape index (κ3) is 6.36. The molecule has 1 aromatic rings. The van der Waals surface area contributed by atoms with E-state index in [2.05, 4.69) is 10.6 Å². The number of rotatable bonds is 8. The van der Waals surface area contributed by atoms with Crippen molar-refractivity contribution in [3.63, 3.8) is 0 Å². The van der Waals surface area contributed by atoms with Crippen LogP contribution in [0, 0.1) is 0 Å². The van der Waals surface area contributed by atoms with Crippen molar-refractivity contribution in [3.8, 4) is 0 Å². The SMILES string of the molecule is O=C(CF)CNC(=O)[C@@H]1CCCN1C(=O)CNC(=O)OCc1ccccc1. The molecule has 0 unspecified atom stereocenters. The summed E-state index contributed by atoms with van der Waals surface area (Å²) in [7, 11) is 0. The number of ether oxygens (including phenoxy) is 1. The number of carbonyl (C=O) groups is 4. The van der Waals surface area contributed by atoms with Crippen molar-refractivity contribution >= 4 is 23.7 Å². The highest BCUT2D eigenvalue weighted by Gasteiger charge is 2.34. The van der Waals surface area contributed by atoms with E-state index in [-0.39, 0.29) is 13.2 Å². The summed E-state index contributed by atoms with van der Waals surface area (Å²) in [5.74, 6) is -1.67. The summed E-state index contributed by atoms with van der Waals surface area (Å²) in [5.41, 5.74) is 0.818. The highest BCUT2D eigenvalue weighted by molar-refractivity contribution is 5.92. The minimum absolute atomic E-state index is 0.0816. The van der Waals surface area contributed by atoms with Gasteiger partial charge in [-0.1, -0.05) is 30.3 Å². The Kier molecular flexibility index (Phi) is 7.72. The molecule has 0 aromatic heterocycles. The second-order valence-electron chi connectivity index (χ2n) is 6.05. The third-order valence-corrected chi connectivity index (χ3v) is 4.08. The molecule has 8 nitrogen and oxygen atoms in total. The fourth-order valence-electron chi connectivity index (χ4n) is 2.71. The smallest absolute Gasteiger partial charge is 0.407 e. The van der Waals surface area contributed by atoms with Crippen LogP contribution in [0.1, 0.15) is 18.4 Å². The fourth-order valence-corrected chi connectivity index (χ4v) is 2.71. The number of halogens is 1. The lowest BCUT2D eigenvalue weighted by atomic mass is 10.2. The molecule has 1 saturated heterocycles. The van der Waals surface area contributed by atoms with Crippen LogP contribution in [0.2, 0.25) is 0 Å². The average Bonchev–Trinajstić information content (AvgIpc) is 3.19. The Balaban J connectivity index is 1.75. The van der Waals surface area contributed by atoms with E-state index in [1.54, 1.807) is 12.1 Å². The molecule has 146 valence electrons. The highest BCUT2D eigenvalue weighted by atomic mass is 19.1. The zero-order valence-corrected chi connectivity index (χ0v) is 14.8. The third-order valence-electron chi connectivity index (χ3n) is 4.08. The summed E-state index contributed by atoms with van der Waals surface area (Å²) in [5, 5.41) is 4.69. The van der Waals surface area contributed by atoms with Gasteiger partial charge in [-0.2, -0.15) is 0 Å². The van der Waals surface area contributed by atoms with E-state index in [0.29, 0.717) is 19.4 Å². The van der Waals surface area contributed by atoms with E-state index < -0.39 is 43.0 Å². The van der Waals surface area contributed by atoms with Crippen molar-refractivity contribution in [3.05, 3.63) is 35.9 Å². The lowest BCUT2D eigenvalue weighted by Gasteiger charge is -2.23. The molecule has 27 heavy (non-hydrogen) atoms. The molecule has 0 saturated carbocycles. The van der Waals surface area contributed by atoms with E-state index in [1.165, 1.54) is 4.90 Å². The van der Waals surface area contributed by atoms with Gasteiger partial charge in [-0.25, -0.2) is 9.18 Å². The molecule has 1 aliphatic heterocycles. The second-order valence-corrected chi connectivity index (χ2v) is 6.05. The van der Waals surface area contributed by atoms with Crippen LogP contribution in [0.3, 0.4) is 0 Å². The summed E-state index contributed by atoms with van der Waals surface area (Å²) in [6.07, 6.45) is 0.333. The maximum absolute atomic E-state index is 12.3. The number of amides is 3. The standard InChI is InChI=1S/C18H22FN3O5/c19-9-14(23)10-20-17(25)15-7-4-8-22(15)16(24)11-21-18(26)27-12-13-5-2-1-3-6-13/h1-3,5-6,15H,4,7-12H2,(H,20,25)(H,21,26)/t15-/m0/s1. The van der Waals surface area contributed by atoms with E-state index in [4.69, 9.17) is 4.74 Å². The van der Waals surface area contributed by atoms with Gasteiger partial charge in [0, 0.05) is 6.54 Å². The summed E-state index contributed by atoms with van der Waals surface area (Å²) in [6.45, 7) is -1.41. The van der Waals surface area contributed by atoms with Gasteiger partial charge in [-0.15, -0.1) is 0 Å². The lowest BCUT2D eigenvalue weighted by Crippen LogP contribution is -2.49. The molecule has 0 bridgehead atoms. The van der Waals surface area contributed by atoms with Crippen molar-refractivity contribution in [1.29, 1.82) is 0 Å². The maximum atomic E-state index is 12.3. The van der Waals surface area contributed by atoms with Gasteiger partial charge in [0.2, 0.25) is 11.8 Å². The molecule has 0 spiro atoms. The largest absolute Gasteiger partial charge is 0.445 e. The Bertz CT molecular complexity index is 683. The Labute approximate surface area is 156 Å². The number of alkyl halides is 1. The first-order chi connectivity index (χ1) is 13.0. The maximum Gasteiger partial charge on any atom is 0.407 e. The molecule has 1 atom stereocenters. The fraction of sp³-hybridized carbons (Fsp3) is 0.444. The summed E-state index contributed by atoms with van der Waals surface area (Å²) >= 11 is 0. The Hall–Kier alpha value is -2.97. The molecular weight excluding hydrogens is 357 g/mol. The summed E-state index contributed by atoms with van der Waals surface area (Å²) in [4.78, 5) is 48.4. The highest BCUT2D eigenvalue weighted by Crippen LogP contribution is 2.17. The van der Waals surface area contributed by atoms with Crippen LogP contribution >= 0.6 is 0 Å².